The van der Waals surface area contributed by atoms with Gasteiger partial charge >= 0.3 is 6.18 Å². The molecule has 2 rings (SSSR count). The van der Waals surface area contributed by atoms with Crippen molar-refractivity contribution < 1.29 is 26.7 Å². The molecule has 0 heterocycles. The van der Waals surface area contributed by atoms with Crippen molar-refractivity contribution >= 4 is 0 Å². The zero-order chi connectivity index (χ0) is 15.6. The summed E-state index contributed by atoms with van der Waals surface area (Å²) in [4.78, 5) is 0. The van der Waals surface area contributed by atoms with Crippen LogP contribution in [0, 0.1) is 23.0 Å². The first-order valence-electron chi connectivity index (χ1n) is 5.55. The van der Waals surface area contributed by atoms with Crippen LogP contribution in [0.4, 0.5) is 22.0 Å². The summed E-state index contributed by atoms with van der Waals surface area (Å²) in [5.74, 6) is -2.30. The molecule has 21 heavy (non-hydrogen) atoms. The van der Waals surface area contributed by atoms with E-state index in [-0.39, 0.29) is 11.5 Å². The molecular weight excluding hydrogens is 293 g/mol. The lowest BCUT2D eigenvalue weighted by molar-refractivity contribution is -0.137. The highest BCUT2D eigenvalue weighted by Gasteiger charge is 2.31. The first-order chi connectivity index (χ1) is 9.79. The Bertz CT molecular complexity index is 698. The van der Waals surface area contributed by atoms with Gasteiger partial charge in [-0.15, -0.1) is 0 Å². The molecule has 0 aliphatic heterocycles. The van der Waals surface area contributed by atoms with Gasteiger partial charge in [-0.2, -0.15) is 18.4 Å². The molecule has 0 radical (unpaired) electrons. The molecule has 0 aliphatic carbocycles. The summed E-state index contributed by atoms with van der Waals surface area (Å²) in [7, 11) is 0. The third-order valence-electron chi connectivity index (χ3n) is 2.49. The molecule has 0 fully saturated rings. The van der Waals surface area contributed by atoms with Gasteiger partial charge in [0.15, 0.2) is 0 Å². The van der Waals surface area contributed by atoms with Crippen molar-refractivity contribution in [2.24, 2.45) is 0 Å². The van der Waals surface area contributed by atoms with Crippen LogP contribution < -0.4 is 4.74 Å². The van der Waals surface area contributed by atoms with Crippen molar-refractivity contribution in [3.63, 3.8) is 0 Å². The molecule has 0 unspecified atom stereocenters. The maximum absolute atomic E-state index is 13.0. The lowest BCUT2D eigenvalue weighted by Gasteiger charge is -2.11. The number of ether oxygens (including phenoxy) is 1. The zero-order valence-electron chi connectivity index (χ0n) is 10.2. The largest absolute Gasteiger partial charge is 0.456 e. The van der Waals surface area contributed by atoms with Crippen molar-refractivity contribution in [1.29, 1.82) is 5.26 Å². The zero-order valence-corrected chi connectivity index (χ0v) is 10.2. The van der Waals surface area contributed by atoms with Crippen molar-refractivity contribution in [2.45, 2.75) is 6.18 Å². The minimum Gasteiger partial charge on any atom is -0.456 e. The summed E-state index contributed by atoms with van der Waals surface area (Å²) in [5.41, 5.74) is -1.41. The van der Waals surface area contributed by atoms with Gasteiger partial charge in [0.2, 0.25) is 0 Å². The fourth-order valence-electron chi connectivity index (χ4n) is 1.60. The topological polar surface area (TPSA) is 33.0 Å². The van der Waals surface area contributed by atoms with E-state index in [1.807, 2.05) is 0 Å². The molecule has 2 nitrogen and oxygen atoms in total. The standard InChI is InChI=1S/C14H6F5NO/c15-10-4-11(16)6-12(5-10)21-13-2-1-9(14(17,18)19)3-8(13)7-20/h1-6H. The molecule has 0 aliphatic rings. The minimum atomic E-state index is -4.60. The Hall–Kier alpha value is -2.62. The second-order valence-electron chi connectivity index (χ2n) is 4.03. The van der Waals surface area contributed by atoms with Gasteiger partial charge in [0.05, 0.1) is 11.1 Å². The number of halogens is 5. The number of benzene rings is 2. The maximum Gasteiger partial charge on any atom is 0.416 e. The predicted octanol–water partition coefficient (Wildman–Crippen LogP) is 4.65. The number of nitrogens with zero attached hydrogens (tertiary/aromatic N) is 1. The Kier molecular flexibility index (Phi) is 3.80. The molecule has 0 spiro atoms. The van der Waals surface area contributed by atoms with Crippen molar-refractivity contribution in [3.8, 4) is 17.6 Å². The first-order valence-corrected chi connectivity index (χ1v) is 5.55. The molecular formula is C14H6F5NO. The van der Waals surface area contributed by atoms with Crippen LogP contribution in [0.5, 0.6) is 11.5 Å². The van der Waals surface area contributed by atoms with E-state index >= 15 is 0 Å². The first kappa shape index (κ1) is 14.8. The number of nitriles is 1. The van der Waals surface area contributed by atoms with Gasteiger partial charge in [0.1, 0.15) is 29.2 Å². The number of hydrogen-bond donors (Lipinski definition) is 0. The van der Waals surface area contributed by atoms with Crippen molar-refractivity contribution in [3.05, 3.63) is 59.2 Å². The van der Waals surface area contributed by atoms with Crippen LogP contribution in [-0.2, 0) is 6.18 Å². The van der Waals surface area contributed by atoms with Crippen LogP contribution in [0.15, 0.2) is 36.4 Å². The summed E-state index contributed by atoms with van der Waals surface area (Å²) < 4.78 is 68.6. The summed E-state index contributed by atoms with van der Waals surface area (Å²) in [6, 6.07) is 6.10. The number of hydrogen-bond acceptors (Lipinski definition) is 2. The lowest BCUT2D eigenvalue weighted by atomic mass is 10.1. The lowest BCUT2D eigenvalue weighted by Crippen LogP contribution is -2.05. The van der Waals surface area contributed by atoms with Crippen LogP contribution in [0.3, 0.4) is 0 Å². The fourth-order valence-corrected chi connectivity index (χ4v) is 1.60. The molecule has 0 N–H and O–H groups in total. The molecule has 2 aromatic rings. The van der Waals surface area contributed by atoms with Gasteiger partial charge in [-0.05, 0) is 18.2 Å². The average Bonchev–Trinajstić information content (AvgIpc) is 2.36. The predicted molar refractivity (Wildman–Crippen MR) is 62.6 cm³/mol. The average molecular weight is 299 g/mol. The van der Waals surface area contributed by atoms with Gasteiger partial charge < -0.3 is 4.74 Å². The van der Waals surface area contributed by atoms with Crippen molar-refractivity contribution in [1.82, 2.24) is 0 Å². The highest BCUT2D eigenvalue weighted by atomic mass is 19.4. The monoisotopic (exact) mass is 299 g/mol. The van der Waals surface area contributed by atoms with Gasteiger partial charge in [-0.25, -0.2) is 8.78 Å². The second-order valence-corrected chi connectivity index (χ2v) is 4.03. The van der Waals surface area contributed by atoms with Gasteiger partial charge in [0, 0.05) is 18.2 Å². The SMILES string of the molecule is N#Cc1cc(C(F)(F)F)ccc1Oc1cc(F)cc(F)c1. The Labute approximate surface area is 116 Å². The van der Waals surface area contributed by atoms with Crippen molar-refractivity contribution in [2.75, 3.05) is 0 Å². The Balaban J connectivity index is 2.39. The molecule has 0 saturated carbocycles. The normalized spacial score (nSPS) is 11.0. The maximum atomic E-state index is 13.0. The molecule has 0 aromatic heterocycles. The van der Waals surface area contributed by atoms with Crippen LogP contribution in [0.1, 0.15) is 11.1 Å². The third-order valence-corrected chi connectivity index (χ3v) is 2.49. The quantitative estimate of drug-likeness (QED) is 0.756. The Morgan fingerprint density at radius 3 is 2.10 bits per heavy atom. The number of alkyl halides is 3. The van der Waals surface area contributed by atoms with E-state index in [1.54, 1.807) is 6.07 Å². The highest BCUT2D eigenvalue weighted by Crippen LogP contribution is 2.34. The molecule has 108 valence electrons. The molecule has 7 heteroatoms. The fraction of sp³-hybridized carbons (Fsp3) is 0.0714. The van der Waals surface area contributed by atoms with Gasteiger partial charge in [-0.1, -0.05) is 0 Å². The van der Waals surface area contributed by atoms with Crippen LogP contribution >= 0.6 is 0 Å². The van der Waals surface area contributed by atoms with Gasteiger partial charge in [0.25, 0.3) is 0 Å². The molecule has 0 saturated heterocycles. The molecule has 0 atom stereocenters. The summed E-state index contributed by atoms with van der Waals surface area (Å²) in [6.07, 6.45) is -4.60. The van der Waals surface area contributed by atoms with E-state index < -0.39 is 28.9 Å². The summed E-state index contributed by atoms with van der Waals surface area (Å²) in [5, 5.41) is 8.85. The Morgan fingerprint density at radius 2 is 1.57 bits per heavy atom. The van der Waals surface area contributed by atoms with Gasteiger partial charge in [-0.3, -0.25) is 0 Å². The van der Waals surface area contributed by atoms with E-state index in [0.717, 1.165) is 18.2 Å². The van der Waals surface area contributed by atoms with E-state index in [4.69, 9.17) is 10.00 Å². The van der Waals surface area contributed by atoms with E-state index in [1.165, 1.54) is 0 Å². The number of rotatable bonds is 2. The smallest absolute Gasteiger partial charge is 0.416 e. The molecule has 2 aromatic carbocycles. The third kappa shape index (κ3) is 3.48. The van der Waals surface area contributed by atoms with Crippen LogP contribution in [-0.4, -0.2) is 0 Å². The van der Waals surface area contributed by atoms with Crippen LogP contribution in [0.2, 0.25) is 0 Å². The second kappa shape index (κ2) is 5.40. The highest BCUT2D eigenvalue weighted by molar-refractivity contribution is 5.48. The molecule has 0 bridgehead atoms. The van der Waals surface area contributed by atoms with E-state index in [0.29, 0.717) is 18.2 Å². The minimum absolute atomic E-state index is 0.226. The summed E-state index contributed by atoms with van der Waals surface area (Å²) in [6.45, 7) is 0. The van der Waals surface area contributed by atoms with E-state index in [2.05, 4.69) is 0 Å². The van der Waals surface area contributed by atoms with E-state index in [9.17, 15) is 22.0 Å². The molecule has 0 amide bonds. The summed E-state index contributed by atoms with van der Waals surface area (Å²) >= 11 is 0. The Morgan fingerprint density at radius 1 is 0.952 bits per heavy atom. The van der Waals surface area contributed by atoms with Crippen LogP contribution in [0.25, 0.3) is 0 Å².